The lowest BCUT2D eigenvalue weighted by molar-refractivity contribution is -0.143. The lowest BCUT2D eigenvalue weighted by atomic mass is 9.95. The topological polar surface area (TPSA) is 83.0 Å². The van der Waals surface area contributed by atoms with Crippen molar-refractivity contribution in [2.75, 3.05) is 7.11 Å². The highest BCUT2D eigenvalue weighted by molar-refractivity contribution is 7.07. The third kappa shape index (κ3) is 4.05. The molecule has 0 fully saturated rings. The molecular formula is C24H24N2O5S. The summed E-state index contributed by atoms with van der Waals surface area (Å²) in [6.45, 7) is 7.18. The van der Waals surface area contributed by atoms with E-state index in [1.165, 1.54) is 11.3 Å². The summed E-state index contributed by atoms with van der Waals surface area (Å²) in [6.07, 6.45) is 1.39. The lowest BCUT2D eigenvalue weighted by Crippen LogP contribution is -2.40. The monoisotopic (exact) mass is 452 g/mol. The van der Waals surface area contributed by atoms with Gasteiger partial charge in [0.15, 0.2) is 4.80 Å². The van der Waals surface area contributed by atoms with Crippen LogP contribution in [0.1, 0.15) is 43.9 Å². The van der Waals surface area contributed by atoms with Crippen LogP contribution in [0.15, 0.2) is 61.9 Å². The van der Waals surface area contributed by atoms with Crippen molar-refractivity contribution in [3.8, 4) is 5.75 Å². The van der Waals surface area contributed by atoms with Crippen LogP contribution in [0.5, 0.6) is 5.75 Å². The van der Waals surface area contributed by atoms with Gasteiger partial charge in [-0.2, -0.15) is 0 Å². The number of aryl methyl sites for hydroxylation is 1. The molecule has 0 amide bonds. The van der Waals surface area contributed by atoms with Gasteiger partial charge < -0.3 is 13.9 Å². The summed E-state index contributed by atoms with van der Waals surface area (Å²) in [5, 5.41) is 0. The van der Waals surface area contributed by atoms with Gasteiger partial charge in [0.05, 0.1) is 35.1 Å². The third-order valence-corrected chi connectivity index (χ3v) is 6.01. The molecular weight excluding hydrogens is 428 g/mol. The smallest absolute Gasteiger partial charge is 0.338 e. The molecule has 1 atom stereocenters. The number of furan rings is 1. The zero-order valence-electron chi connectivity index (χ0n) is 18.5. The van der Waals surface area contributed by atoms with E-state index in [4.69, 9.17) is 13.9 Å². The normalized spacial score (nSPS) is 16.2. The average molecular weight is 453 g/mol. The Morgan fingerprint density at radius 3 is 2.69 bits per heavy atom. The van der Waals surface area contributed by atoms with Crippen LogP contribution in [0.25, 0.3) is 6.08 Å². The molecule has 2 aromatic heterocycles. The largest absolute Gasteiger partial charge is 0.497 e. The van der Waals surface area contributed by atoms with Gasteiger partial charge in [-0.1, -0.05) is 23.5 Å². The maximum absolute atomic E-state index is 13.5. The van der Waals surface area contributed by atoms with Crippen LogP contribution in [0, 0.1) is 6.92 Å². The van der Waals surface area contributed by atoms with Gasteiger partial charge in [-0.15, -0.1) is 0 Å². The van der Waals surface area contributed by atoms with Crippen LogP contribution in [0.2, 0.25) is 0 Å². The molecule has 3 aromatic rings. The molecule has 166 valence electrons. The summed E-state index contributed by atoms with van der Waals surface area (Å²) in [4.78, 5) is 31.7. The molecule has 7 nitrogen and oxygen atoms in total. The molecule has 1 unspecified atom stereocenters. The summed E-state index contributed by atoms with van der Waals surface area (Å²) >= 11 is 1.26. The van der Waals surface area contributed by atoms with E-state index in [2.05, 4.69) is 4.99 Å². The molecule has 0 aliphatic carbocycles. The zero-order valence-corrected chi connectivity index (χ0v) is 19.4. The Morgan fingerprint density at radius 2 is 2.03 bits per heavy atom. The van der Waals surface area contributed by atoms with E-state index >= 15 is 0 Å². The van der Waals surface area contributed by atoms with Crippen molar-refractivity contribution in [1.82, 2.24) is 4.57 Å². The molecule has 32 heavy (non-hydrogen) atoms. The van der Waals surface area contributed by atoms with Crippen molar-refractivity contribution in [2.24, 2.45) is 4.99 Å². The average Bonchev–Trinajstić information content (AvgIpc) is 3.29. The quantitative estimate of drug-likeness (QED) is 0.556. The second-order valence-corrected chi connectivity index (χ2v) is 8.77. The van der Waals surface area contributed by atoms with Gasteiger partial charge in [-0.3, -0.25) is 9.36 Å². The minimum Gasteiger partial charge on any atom is -0.497 e. The predicted molar refractivity (Wildman–Crippen MR) is 121 cm³/mol. The van der Waals surface area contributed by atoms with Crippen molar-refractivity contribution in [1.29, 1.82) is 0 Å². The van der Waals surface area contributed by atoms with E-state index in [9.17, 15) is 9.59 Å². The van der Waals surface area contributed by atoms with Gasteiger partial charge in [-0.05, 0) is 57.5 Å². The Balaban J connectivity index is 1.96. The Hall–Kier alpha value is -3.39. The highest BCUT2D eigenvalue weighted by atomic mass is 32.1. The maximum Gasteiger partial charge on any atom is 0.338 e. The number of benzene rings is 1. The van der Waals surface area contributed by atoms with E-state index in [1.807, 2.05) is 43.3 Å². The van der Waals surface area contributed by atoms with Gasteiger partial charge in [0.1, 0.15) is 17.3 Å². The molecule has 3 heterocycles. The number of thiazole rings is 1. The first kappa shape index (κ1) is 21.8. The van der Waals surface area contributed by atoms with Gasteiger partial charge in [0, 0.05) is 6.08 Å². The van der Waals surface area contributed by atoms with Crippen LogP contribution in [0.3, 0.4) is 0 Å². The molecule has 0 spiro atoms. The van der Waals surface area contributed by atoms with Gasteiger partial charge >= 0.3 is 5.97 Å². The van der Waals surface area contributed by atoms with Gasteiger partial charge in [0.25, 0.3) is 5.56 Å². The number of ether oxygens (including phenoxy) is 2. The van der Waals surface area contributed by atoms with Crippen molar-refractivity contribution < 1.29 is 18.7 Å². The Labute approximate surface area is 188 Å². The Kier molecular flexibility index (Phi) is 5.88. The Bertz CT molecular complexity index is 1390. The molecule has 0 radical (unpaired) electrons. The molecule has 0 bridgehead atoms. The molecule has 1 aliphatic rings. The number of hydrogen-bond donors (Lipinski definition) is 0. The van der Waals surface area contributed by atoms with Crippen LogP contribution in [0.4, 0.5) is 0 Å². The summed E-state index contributed by atoms with van der Waals surface area (Å²) in [7, 11) is 1.57. The van der Waals surface area contributed by atoms with E-state index in [0.717, 1.165) is 11.3 Å². The minimum absolute atomic E-state index is 0.252. The predicted octanol–water partition coefficient (Wildman–Crippen LogP) is 3.10. The van der Waals surface area contributed by atoms with E-state index in [0.29, 0.717) is 32.1 Å². The highest BCUT2D eigenvalue weighted by Crippen LogP contribution is 2.32. The number of rotatable bonds is 5. The molecule has 8 heteroatoms. The zero-order chi connectivity index (χ0) is 23.0. The first-order valence-electron chi connectivity index (χ1n) is 10.2. The first-order valence-corrected chi connectivity index (χ1v) is 11.0. The van der Waals surface area contributed by atoms with E-state index < -0.39 is 12.0 Å². The van der Waals surface area contributed by atoms with Crippen molar-refractivity contribution in [2.45, 2.75) is 39.8 Å². The number of carbonyl (C=O) groups excluding carboxylic acids is 1. The summed E-state index contributed by atoms with van der Waals surface area (Å²) in [6, 6.07) is 10.3. The van der Waals surface area contributed by atoms with Gasteiger partial charge in [-0.25, -0.2) is 9.79 Å². The second kappa shape index (κ2) is 8.63. The second-order valence-electron chi connectivity index (χ2n) is 7.76. The fourth-order valence-corrected chi connectivity index (χ4v) is 4.67. The lowest BCUT2D eigenvalue weighted by Gasteiger charge is -2.25. The third-order valence-electron chi connectivity index (χ3n) is 5.03. The maximum atomic E-state index is 13.5. The number of allylic oxidation sites excluding steroid dienone is 1. The molecule has 0 saturated heterocycles. The first-order chi connectivity index (χ1) is 15.3. The van der Waals surface area contributed by atoms with Crippen molar-refractivity contribution in [3.05, 3.63) is 84.4 Å². The summed E-state index contributed by atoms with van der Waals surface area (Å²) in [5.41, 5.74) is 1.33. The van der Waals surface area contributed by atoms with E-state index in [-0.39, 0.29) is 11.7 Å². The number of aromatic nitrogens is 1. The van der Waals surface area contributed by atoms with Crippen molar-refractivity contribution >= 4 is 23.4 Å². The van der Waals surface area contributed by atoms with Crippen LogP contribution >= 0.6 is 11.3 Å². The van der Waals surface area contributed by atoms with Crippen LogP contribution in [-0.4, -0.2) is 23.8 Å². The fraction of sp³-hybridized carbons (Fsp3) is 0.292. The number of hydrogen-bond acceptors (Lipinski definition) is 7. The number of nitrogens with zero attached hydrogens (tertiary/aromatic N) is 2. The van der Waals surface area contributed by atoms with Crippen molar-refractivity contribution in [3.63, 3.8) is 0 Å². The van der Waals surface area contributed by atoms with Gasteiger partial charge in [0.2, 0.25) is 0 Å². The number of carbonyl (C=O) groups is 1. The number of fused-ring (bicyclic) bond motifs is 1. The fourth-order valence-electron chi connectivity index (χ4n) is 3.65. The highest BCUT2D eigenvalue weighted by Gasteiger charge is 2.34. The SMILES string of the molecule is COc1cccc(C2C(C(=O)OC(C)C)=C(C)N=c3s/c(=C/c4ccc(C)o4)c(=O)n32)c1. The standard InChI is InChI=1S/C24H24N2O5S/c1-13(2)30-23(28)20-15(4)25-24-26(21(20)16-7-6-8-17(11-16)29-5)22(27)19(32-24)12-18-10-9-14(3)31-18/h6-13,21H,1-5H3/b19-12+. The van der Waals surface area contributed by atoms with Crippen LogP contribution in [-0.2, 0) is 9.53 Å². The molecule has 1 aromatic carbocycles. The van der Waals surface area contributed by atoms with Crippen LogP contribution < -0.4 is 19.6 Å². The molecule has 0 N–H and O–H groups in total. The summed E-state index contributed by atoms with van der Waals surface area (Å²) in [5.74, 6) is 1.47. The minimum atomic E-state index is -0.687. The Morgan fingerprint density at radius 1 is 1.25 bits per heavy atom. The van der Waals surface area contributed by atoms with E-state index in [1.54, 1.807) is 38.5 Å². The number of esters is 1. The number of methoxy groups -OCH3 is 1. The molecule has 4 rings (SSSR count). The molecule has 0 saturated carbocycles. The summed E-state index contributed by atoms with van der Waals surface area (Å²) < 4.78 is 18.5. The molecule has 1 aliphatic heterocycles.